The molecule has 0 unspecified atom stereocenters. The third-order valence-corrected chi connectivity index (χ3v) is 9.16. The minimum atomic E-state index is -4.26. The van der Waals surface area contributed by atoms with Crippen LogP contribution >= 0.6 is 0 Å². The number of carbonyl (C=O) groups excluding carboxylic acids is 2. The van der Waals surface area contributed by atoms with E-state index in [9.17, 15) is 22.4 Å². The molecular formula is C35H38FN3O5S. The van der Waals surface area contributed by atoms with Gasteiger partial charge in [-0.05, 0) is 61.4 Å². The van der Waals surface area contributed by atoms with Gasteiger partial charge in [0.2, 0.25) is 11.8 Å². The summed E-state index contributed by atoms with van der Waals surface area (Å²) < 4.78 is 49.4. The molecular weight excluding hydrogens is 593 g/mol. The average Bonchev–Trinajstić information content (AvgIpc) is 3.05. The smallest absolute Gasteiger partial charge is 0.264 e. The second-order valence-corrected chi connectivity index (χ2v) is 12.5. The molecule has 236 valence electrons. The van der Waals surface area contributed by atoms with E-state index in [-0.39, 0.29) is 29.1 Å². The lowest BCUT2D eigenvalue weighted by Gasteiger charge is -2.34. The van der Waals surface area contributed by atoms with E-state index in [2.05, 4.69) is 5.32 Å². The van der Waals surface area contributed by atoms with Crippen LogP contribution in [0.4, 0.5) is 10.1 Å². The molecule has 1 atom stereocenters. The normalized spacial score (nSPS) is 11.8. The van der Waals surface area contributed by atoms with Gasteiger partial charge in [0.05, 0.1) is 17.7 Å². The summed E-state index contributed by atoms with van der Waals surface area (Å²) in [5.74, 6) is -1.14. The lowest BCUT2D eigenvalue weighted by Crippen LogP contribution is -2.53. The molecule has 4 rings (SSSR count). The van der Waals surface area contributed by atoms with Crippen molar-refractivity contribution in [1.82, 2.24) is 10.2 Å². The Hall–Kier alpha value is -4.70. The predicted octanol–water partition coefficient (Wildman–Crippen LogP) is 5.50. The van der Waals surface area contributed by atoms with Gasteiger partial charge in [-0.15, -0.1) is 0 Å². The summed E-state index contributed by atoms with van der Waals surface area (Å²) in [4.78, 5) is 29.3. The topological polar surface area (TPSA) is 96.0 Å². The Balaban J connectivity index is 1.80. The number of nitrogens with one attached hydrogen (secondary N) is 1. The summed E-state index contributed by atoms with van der Waals surface area (Å²) in [5, 5.41) is 2.88. The van der Waals surface area contributed by atoms with Crippen LogP contribution in [0.2, 0.25) is 0 Å². The summed E-state index contributed by atoms with van der Waals surface area (Å²) in [6.07, 6.45) is 0.818. The third-order valence-electron chi connectivity index (χ3n) is 7.37. The van der Waals surface area contributed by atoms with Crippen LogP contribution in [0.15, 0.2) is 108 Å². The molecule has 8 nitrogen and oxygen atoms in total. The first kappa shape index (κ1) is 33.2. The molecule has 0 fully saturated rings. The number of amides is 2. The maximum atomic E-state index is 15.0. The molecule has 4 aromatic carbocycles. The van der Waals surface area contributed by atoms with Crippen molar-refractivity contribution in [2.24, 2.45) is 0 Å². The van der Waals surface area contributed by atoms with Gasteiger partial charge in [-0.1, -0.05) is 73.2 Å². The van der Waals surface area contributed by atoms with E-state index in [1.54, 1.807) is 42.5 Å². The minimum Gasteiger partial charge on any atom is -0.497 e. The molecule has 0 spiro atoms. The van der Waals surface area contributed by atoms with E-state index in [4.69, 9.17) is 4.74 Å². The van der Waals surface area contributed by atoms with Gasteiger partial charge in [0.15, 0.2) is 0 Å². The van der Waals surface area contributed by atoms with Crippen molar-refractivity contribution in [2.45, 2.75) is 44.2 Å². The molecule has 4 aromatic rings. The molecule has 0 heterocycles. The van der Waals surface area contributed by atoms with Gasteiger partial charge in [-0.3, -0.25) is 13.9 Å². The fourth-order valence-corrected chi connectivity index (χ4v) is 6.26. The first-order chi connectivity index (χ1) is 21.6. The number of hydrogen-bond acceptors (Lipinski definition) is 5. The Morgan fingerprint density at radius 3 is 2.16 bits per heavy atom. The van der Waals surface area contributed by atoms with E-state index < -0.39 is 40.2 Å². The summed E-state index contributed by atoms with van der Waals surface area (Å²) >= 11 is 0. The highest BCUT2D eigenvalue weighted by atomic mass is 32.2. The Morgan fingerprint density at radius 1 is 0.889 bits per heavy atom. The van der Waals surface area contributed by atoms with Gasteiger partial charge in [-0.2, -0.15) is 0 Å². The Morgan fingerprint density at radius 2 is 1.53 bits per heavy atom. The van der Waals surface area contributed by atoms with Crippen LogP contribution < -0.4 is 14.4 Å². The molecule has 0 aliphatic rings. The maximum Gasteiger partial charge on any atom is 0.264 e. The van der Waals surface area contributed by atoms with Crippen molar-refractivity contribution in [1.29, 1.82) is 0 Å². The number of ether oxygens (including phenoxy) is 1. The number of anilines is 1. The van der Waals surface area contributed by atoms with Crippen LogP contribution in [-0.2, 0) is 32.6 Å². The van der Waals surface area contributed by atoms with Crippen molar-refractivity contribution >= 4 is 27.5 Å². The van der Waals surface area contributed by atoms with E-state index in [1.807, 2.05) is 44.2 Å². The number of hydrogen-bond donors (Lipinski definition) is 1. The zero-order valence-corrected chi connectivity index (χ0v) is 26.5. The highest BCUT2D eigenvalue weighted by molar-refractivity contribution is 7.92. The van der Waals surface area contributed by atoms with Crippen molar-refractivity contribution in [3.8, 4) is 5.75 Å². The molecule has 0 radical (unpaired) electrons. The number of sulfonamides is 1. The van der Waals surface area contributed by atoms with Gasteiger partial charge in [0.25, 0.3) is 10.0 Å². The molecule has 1 N–H and O–H groups in total. The van der Waals surface area contributed by atoms with Crippen LogP contribution in [0.25, 0.3) is 0 Å². The molecule has 0 saturated carbocycles. The molecule has 0 bridgehead atoms. The maximum absolute atomic E-state index is 15.0. The quantitative estimate of drug-likeness (QED) is 0.198. The fourth-order valence-electron chi connectivity index (χ4n) is 4.84. The minimum absolute atomic E-state index is 0.0427. The Labute approximate surface area is 264 Å². The number of benzene rings is 4. The number of rotatable bonds is 14. The molecule has 2 amide bonds. The Bertz CT molecular complexity index is 1680. The van der Waals surface area contributed by atoms with E-state index in [0.29, 0.717) is 18.7 Å². The number of methoxy groups -OCH3 is 1. The zero-order chi connectivity index (χ0) is 32.4. The Kier molecular flexibility index (Phi) is 11.3. The number of halogens is 1. The first-order valence-corrected chi connectivity index (χ1v) is 16.2. The van der Waals surface area contributed by atoms with Crippen molar-refractivity contribution in [3.63, 3.8) is 0 Å². The molecule has 10 heteroatoms. The summed E-state index contributed by atoms with van der Waals surface area (Å²) in [5.41, 5.74) is 2.17. The third kappa shape index (κ3) is 8.48. The van der Waals surface area contributed by atoms with Crippen LogP contribution in [0, 0.1) is 12.7 Å². The van der Waals surface area contributed by atoms with Gasteiger partial charge in [-0.25, -0.2) is 12.8 Å². The zero-order valence-electron chi connectivity index (χ0n) is 25.6. The van der Waals surface area contributed by atoms with Crippen LogP contribution in [0.3, 0.4) is 0 Å². The highest BCUT2D eigenvalue weighted by Crippen LogP contribution is 2.27. The van der Waals surface area contributed by atoms with Crippen LogP contribution in [0.1, 0.15) is 30.0 Å². The number of carbonyl (C=O) groups is 2. The second-order valence-electron chi connectivity index (χ2n) is 10.6. The van der Waals surface area contributed by atoms with Crippen molar-refractivity contribution in [2.75, 3.05) is 24.5 Å². The van der Waals surface area contributed by atoms with E-state index in [0.717, 1.165) is 15.4 Å². The van der Waals surface area contributed by atoms with E-state index >= 15 is 0 Å². The molecule has 0 aliphatic carbocycles. The predicted molar refractivity (Wildman–Crippen MR) is 173 cm³/mol. The number of nitrogens with zero attached hydrogens (tertiary/aromatic N) is 2. The SMILES string of the molecule is CCCNC(=O)[C@@H](Cc1ccccc1)N(Cc1ccccc1F)C(=O)CN(c1ccc(C)cc1)S(=O)(=O)c1ccc(OC)cc1. The van der Waals surface area contributed by atoms with Gasteiger partial charge >= 0.3 is 0 Å². The molecule has 0 saturated heterocycles. The molecule has 0 aliphatic heterocycles. The standard InChI is InChI=1S/C35H38FN3O5S/c1-4-22-37-35(41)33(23-27-10-6-5-7-11-27)38(24-28-12-8-9-13-32(28)36)34(40)25-39(29-16-14-26(2)15-17-29)45(42,43)31-20-18-30(44-3)19-21-31/h5-21,33H,4,22-25H2,1-3H3,(H,37,41)/t33-/m1/s1. The van der Waals surface area contributed by atoms with Crippen molar-refractivity contribution in [3.05, 3.63) is 126 Å². The number of aryl methyl sites for hydroxylation is 1. The lowest BCUT2D eigenvalue weighted by atomic mass is 10.0. The first-order valence-electron chi connectivity index (χ1n) is 14.7. The van der Waals surface area contributed by atoms with Gasteiger partial charge in [0, 0.05) is 25.1 Å². The summed E-state index contributed by atoms with van der Waals surface area (Å²) in [6.45, 7) is 3.30. The lowest BCUT2D eigenvalue weighted by molar-refractivity contribution is -0.140. The van der Waals surface area contributed by atoms with Crippen LogP contribution in [-0.4, -0.2) is 51.4 Å². The average molecular weight is 632 g/mol. The summed E-state index contributed by atoms with van der Waals surface area (Å²) in [6, 6.07) is 26.8. The largest absolute Gasteiger partial charge is 0.497 e. The molecule has 45 heavy (non-hydrogen) atoms. The molecule has 0 aromatic heterocycles. The van der Waals surface area contributed by atoms with Gasteiger partial charge in [0.1, 0.15) is 24.2 Å². The monoisotopic (exact) mass is 631 g/mol. The van der Waals surface area contributed by atoms with Gasteiger partial charge < -0.3 is 15.0 Å². The van der Waals surface area contributed by atoms with Crippen molar-refractivity contribution < 1.29 is 27.1 Å². The second kappa shape index (κ2) is 15.3. The van der Waals surface area contributed by atoms with E-state index in [1.165, 1.54) is 42.3 Å². The van der Waals surface area contributed by atoms with Crippen LogP contribution in [0.5, 0.6) is 5.75 Å². The summed E-state index contributed by atoms with van der Waals surface area (Å²) in [7, 11) is -2.79. The fraction of sp³-hybridized carbons (Fsp3) is 0.257. The highest BCUT2D eigenvalue weighted by Gasteiger charge is 2.35.